The molecule has 0 spiro atoms. The maximum atomic E-state index is 13.5. The molecule has 2 nitrogen and oxygen atoms in total. The molecule has 2 rings (SSSR count). The summed E-state index contributed by atoms with van der Waals surface area (Å²) in [5.74, 6) is -3.59. The second-order valence-electron chi connectivity index (χ2n) is 3.82. The molecule has 0 aliphatic rings. The van der Waals surface area contributed by atoms with E-state index in [1.165, 1.54) is 6.07 Å². The highest BCUT2D eigenvalue weighted by molar-refractivity contribution is 5.28. The first-order chi connectivity index (χ1) is 8.54. The second-order valence-corrected chi connectivity index (χ2v) is 3.82. The zero-order valence-electron chi connectivity index (χ0n) is 9.58. The summed E-state index contributed by atoms with van der Waals surface area (Å²) in [4.78, 5) is 0. The SMILES string of the molecule is CCc1ccc(C(O)c2ccc(F)c(F)c2F)o1. The van der Waals surface area contributed by atoms with Crippen molar-refractivity contribution in [1.82, 2.24) is 0 Å². The molecule has 1 heterocycles. The fourth-order valence-electron chi connectivity index (χ4n) is 1.64. The zero-order valence-corrected chi connectivity index (χ0v) is 9.58. The van der Waals surface area contributed by atoms with Crippen molar-refractivity contribution in [2.75, 3.05) is 0 Å². The third-order valence-electron chi connectivity index (χ3n) is 2.66. The Balaban J connectivity index is 2.39. The van der Waals surface area contributed by atoms with Crippen molar-refractivity contribution in [2.24, 2.45) is 0 Å². The first-order valence-electron chi connectivity index (χ1n) is 5.44. The number of aryl methyl sites for hydroxylation is 1. The molecule has 0 aliphatic heterocycles. The fourth-order valence-corrected chi connectivity index (χ4v) is 1.64. The van der Waals surface area contributed by atoms with E-state index >= 15 is 0 Å². The average molecular weight is 256 g/mol. The van der Waals surface area contributed by atoms with Crippen molar-refractivity contribution in [3.05, 3.63) is 58.8 Å². The van der Waals surface area contributed by atoms with Gasteiger partial charge in [0.1, 0.15) is 17.6 Å². The molecule has 0 amide bonds. The van der Waals surface area contributed by atoms with E-state index in [4.69, 9.17) is 4.42 Å². The highest BCUT2D eigenvalue weighted by Gasteiger charge is 2.22. The maximum Gasteiger partial charge on any atom is 0.194 e. The number of aliphatic hydroxyl groups is 1. The summed E-state index contributed by atoms with van der Waals surface area (Å²) in [6.07, 6.45) is -0.840. The molecule has 1 aromatic heterocycles. The van der Waals surface area contributed by atoms with E-state index < -0.39 is 23.6 Å². The molecule has 0 bridgehead atoms. The van der Waals surface area contributed by atoms with Gasteiger partial charge in [-0.2, -0.15) is 0 Å². The molecule has 18 heavy (non-hydrogen) atoms. The van der Waals surface area contributed by atoms with Crippen LogP contribution in [-0.2, 0) is 6.42 Å². The molecule has 0 aliphatic carbocycles. The Labute approximate surface area is 102 Å². The molecule has 1 aromatic carbocycles. The molecular weight excluding hydrogens is 245 g/mol. The Morgan fingerprint density at radius 2 is 1.83 bits per heavy atom. The number of benzene rings is 1. The molecule has 2 aromatic rings. The lowest BCUT2D eigenvalue weighted by Gasteiger charge is -2.10. The van der Waals surface area contributed by atoms with Crippen LogP contribution in [0.2, 0.25) is 0 Å². The third kappa shape index (κ3) is 2.13. The zero-order chi connectivity index (χ0) is 13.3. The number of hydrogen-bond acceptors (Lipinski definition) is 2. The highest BCUT2D eigenvalue weighted by atomic mass is 19.2. The van der Waals surface area contributed by atoms with Gasteiger partial charge >= 0.3 is 0 Å². The van der Waals surface area contributed by atoms with Crippen molar-refractivity contribution >= 4 is 0 Å². The molecule has 0 radical (unpaired) electrons. The summed E-state index contributed by atoms with van der Waals surface area (Å²) in [6.45, 7) is 1.85. The van der Waals surface area contributed by atoms with E-state index in [-0.39, 0.29) is 11.3 Å². The quantitative estimate of drug-likeness (QED) is 0.854. The van der Waals surface area contributed by atoms with Gasteiger partial charge in [-0.25, -0.2) is 13.2 Å². The monoisotopic (exact) mass is 256 g/mol. The summed E-state index contributed by atoms with van der Waals surface area (Å²) >= 11 is 0. The molecule has 1 unspecified atom stereocenters. The summed E-state index contributed by atoms with van der Waals surface area (Å²) in [7, 11) is 0. The Bertz CT molecular complexity index is 563. The van der Waals surface area contributed by atoms with Crippen molar-refractivity contribution in [1.29, 1.82) is 0 Å². The van der Waals surface area contributed by atoms with Crippen molar-refractivity contribution in [3.8, 4) is 0 Å². The van der Waals surface area contributed by atoms with E-state index in [1.54, 1.807) is 6.07 Å². The Kier molecular flexibility index (Phi) is 3.43. The lowest BCUT2D eigenvalue weighted by atomic mass is 10.1. The van der Waals surface area contributed by atoms with Crippen LogP contribution in [-0.4, -0.2) is 5.11 Å². The van der Waals surface area contributed by atoms with Crippen LogP contribution in [0.5, 0.6) is 0 Å². The van der Waals surface area contributed by atoms with E-state index in [9.17, 15) is 18.3 Å². The first-order valence-corrected chi connectivity index (χ1v) is 5.44. The van der Waals surface area contributed by atoms with Gasteiger partial charge in [-0.1, -0.05) is 6.92 Å². The van der Waals surface area contributed by atoms with Crippen molar-refractivity contribution < 1.29 is 22.7 Å². The Morgan fingerprint density at radius 1 is 1.11 bits per heavy atom. The lowest BCUT2D eigenvalue weighted by molar-refractivity contribution is 0.180. The summed E-state index contributed by atoms with van der Waals surface area (Å²) < 4.78 is 44.5. The van der Waals surface area contributed by atoms with Crippen LogP contribution >= 0.6 is 0 Å². The van der Waals surface area contributed by atoms with Gasteiger partial charge in [-0.15, -0.1) is 0 Å². The van der Waals surface area contributed by atoms with Gasteiger partial charge in [0.15, 0.2) is 17.5 Å². The molecule has 1 N–H and O–H groups in total. The van der Waals surface area contributed by atoms with E-state index in [2.05, 4.69) is 0 Å². The summed E-state index contributed by atoms with van der Waals surface area (Å²) in [5.41, 5.74) is -0.356. The van der Waals surface area contributed by atoms with Crippen molar-refractivity contribution in [3.63, 3.8) is 0 Å². The van der Waals surface area contributed by atoms with Gasteiger partial charge in [0, 0.05) is 12.0 Å². The largest absolute Gasteiger partial charge is 0.463 e. The maximum absolute atomic E-state index is 13.5. The number of furan rings is 1. The smallest absolute Gasteiger partial charge is 0.194 e. The lowest BCUT2D eigenvalue weighted by Crippen LogP contribution is -2.04. The molecular formula is C13H11F3O2. The third-order valence-corrected chi connectivity index (χ3v) is 2.66. The first kappa shape index (κ1) is 12.7. The predicted molar refractivity (Wildman–Crippen MR) is 58.5 cm³/mol. The van der Waals surface area contributed by atoms with Gasteiger partial charge in [0.2, 0.25) is 0 Å². The molecule has 96 valence electrons. The molecule has 0 saturated heterocycles. The van der Waals surface area contributed by atoms with Crippen LogP contribution in [0.15, 0.2) is 28.7 Å². The van der Waals surface area contributed by atoms with Gasteiger partial charge < -0.3 is 9.52 Å². The van der Waals surface area contributed by atoms with E-state index in [1.807, 2.05) is 6.92 Å². The van der Waals surface area contributed by atoms with Crippen LogP contribution in [0.1, 0.15) is 30.1 Å². The van der Waals surface area contributed by atoms with Crippen LogP contribution in [0, 0.1) is 17.5 Å². The Hall–Kier alpha value is -1.75. The number of halogens is 3. The fraction of sp³-hybridized carbons (Fsp3) is 0.231. The molecule has 1 atom stereocenters. The standard InChI is InChI=1S/C13H11F3O2/c1-2-7-3-6-10(18-7)13(17)8-4-5-9(14)12(16)11(8)15/h3-6,13,17H,2H2,1H3. The Morgan fingerprint density at radius 3 is 2.44 bits per heavy atom. The molecule has 5 heteroatoms. The summed E-state index contributed by atoms with van der Waals surface area (Å²) in [5, 5.41) is 9.87. The van der Waals surface area contributed by atoms with Gasteiger partial charge in [-0.05, 0) is 24.3 Å². The van der Waals surface area contributed by atoms with Gasteiger partial charge in [-0.3, -0.25) is 0 Å². The molecule has 0 saturated carbocycles. The normalized spacial score (nSPS) is 12.7. The topological polar surface area (TPSA) is 33.4 Å². The van der Waals surface area contributed by atoms with E-state index in [0.29, 0.717) is 12.2 Å². The van der Waals surface area contributed by atoms with Crippen molar-refractivity contribution in [2.45, 2.75) is 19.4 Å². The minimum Gasteiger partial charge on any atom is -0.463 e. The van der Waals surface area contributed by atoms with E-state index in [0.717, 1.165) is 12.1 Å². The highest BCUT2D eigenvalue weighted by Crippen LogP contribution is 2.28. The number of hydrogen-bond donors (Lipinski definition) is 1. The van der Waals surface area contributed by atoms with Crippen LogP contribution in [0.25, 0.3) is 0 Å². The second kappa shape index (κ2) is 4.86. The minimum absolute atomic E-state index is 0.0942. The molecule has 0 fully saturated rings. The number of aliphatic hydroxyl groups excluding tert-OH is 1. The minimum atomic E-state index is -1.60. The van der Waals surface area contributed by atoms with Crippen LogP contribution in [0.4, 0.5) is 13.2 Å². The predicted octanol–water partition coefficient (Wildman–Crippen LogP) is 3.34. The van der Waals surface area contributed by atoms with Crippen LogP contribution in [0.3, 0.4) is 0 Å². The average Bonchev–Trinajstić information content (AvgIpc) is 2.84. The van der Waals surface area contributed by atoms with Gasteiger partial charge in [0.05, 0.1) is 0 Å². The van der Waals surface area contributed by atoms with Gasteiger partial charge in [0.25, 0.3) is 0 Å². The summed E-state index contributed by atoms with van der Waals surface area (Å²) in [6, 6.07) is 4.87. The number of rotatable bonds is 3. The van der Waals surface area contributed by atoms with Crippen LogP contribution < -0.4 is 0 Å².